The lowest BCUT2D eigenvalue weighted by atomic mass is 9.82. The summed E-state index contributed by atoms with van der Waals surface area (Å²) in [5.41, 5.74) is 37.0. The Morgan fingerprint density at radius 1 is 0.187 bits per heavy atom. The summed E-state index contributed by atoms with van der Waals surface area (Å²) in [5, 5.41) is 12.4. The SMILES string of the molecule is CC1(C)c2ccccc2-c2cc(-n3c4ccccc4c4cc(-c5ccc6c(c5)c5ccc(-c7ccc8c(c7)c7cc(-c9ccc%10c(c9)c9ccccc9n%10-c9ccccc9)ccc7n8-c7cccc8c7-c7c(ccc9ccccc79)C8(C)C)cc5n6-c5ccc6c(c5)-c5ccccc5C6(C)C)ccc43)ccc21. The lowest BCUT2D eigenvalue weighted by Gasteiger charge is -2.22. The highest BCUT2D eigenvalue weighted by Crippen LogP contribution is 2.56. The van der Waals surface area contributed by atoms with Gasteiger partial charge in [0.05, 0.1) is 49.8 Å². The van der Waals surface area contributed by atoms with E-state index in [-0.39, 0.29) is 16.2 Å². The smallest absolute Gasteiger partial charge is 0.0547 e. The standard InChI is InChI=1S/C103H72N4/c1-101(2)84-29-16-12-25-72(84)77-59-69(42-46-86(77)101)105-91-33-19-15-28-75(91)80-54-62(38-49-93(80)105)64-39-50-94-81(55-64)76-44-35-67(58-98(76)106(94)70-43-47-87-78(60-70)73-26-13-17-30-85(73)102(87,3)4)66-41-52-96-83(57-66)82-56-65(63-37-48-92-79(53-63)74-27-14-18-32-90(74)104(92)68-22-8-7-9-23-68)40-51-95(82)107(96)97-34-20-31-88-100(97)99-71-24-11-10-21-61(71)36-45-89(99)103(88,5)6/h7-60H,1-6H3. The van der Waals surface area contributed by atoms with Crippen LogP contribution in [0.2, 0.25) is 0 Å². The van der Waals surface area contributed by atoms with Crippen LogP contribution in [0.5, 0.6) is 0 Å². The average Bonchev–Trinajstić information content (AvgIpc) is 1.55. The van der Waals surface area contributed by atoms with E-state index in [1.165, 1.54) is 198 Å². The number of aromatic nitrogens is 4. The van der Waals surface area contributed by atoms with Gasteiger partial charge in [-0.2, -0.15) is 0 Å². The molecule has 0 aliphatic heterocycles. The second kappa shape index (κ2) is 21.6. The Morgan fingerprint density at radius 2 is 0.542 bits per heavy atom. The second-order valence-corrected chi connectivity index (χ2v) is 31.9. The van der Waals surface area contributed by atoms with Gasteiger partial charge in [0.25, 0.3) is 0 Å². The zero-order valence-electron chi connectivity index (χ0n) is 60.5. The maximum Gasteiger partial charge on any atom is 0.0547 e. The zero-order valence-corrected chi connectivity index (χ0v) is 60.5. The Labute approximate surface area is 620 Å². The van der Waals surface area contributed by atoms with E-state index in [0.717, 1.165) is 22.5 Å². The summed E-state index contributed by atoms with van der Waals surface area (Å²) in [6.45, 7) is 14.3. The molecule has 0 saturated heterocycles. The third kappa shape index (κ3) is 8.27. The van der Waals surface area contributed by atoms with E-state index in [9.17, 15) is 0 Å². The molecule has 0 N–H and O–H groups in total. The van der Waals surface area contributed by atoms with Crippen molar-refractivity contribution in [1.82, 2.24) is 18.3 Å². The monoisotopic (exact) mass is 1360 g/mol. The van der Waals surface area contributed by atoms with Gasteiger partial charge in [0.2, 0.25) is 0 Å². The molecular formula is C103H72N4. The summed E-state index contributed by atoms with van der Waals surface area (Å²) in [6.07, 6.45) is 0. The van der Waals surface area contributed by atoms with Gasteiger partial charge in [-0.3, -0.25) is 0 Å². The molecule has 504 valence electrons. The van der Waals surface area contributed by atoms with E-state index in [0.29, 0.717) is 0 Å². The zero-order chi connectivity index (χ0) is 71.1. The molecule has 3 aliphatic carbocycles. The summed E-state index contributed by atoms with van der Waals surface area (Å²) in [4.78, 5) is 0. The van der Waals surface area contributed by atoms with Crippen molar-refractivity contribution in [3.8, 4) is 89.5 Å². The fraction of sp³-hybridized carbons (Fsp3) is 0.0874. The van der Waals surface area contributed by atoms with E-state index in [1.54, 1.807) is 0 Å². The van der Waals surface area contributed by atoms with Crippen LogP contribution in [-0.4, -0.2) is 18.3 Å². The van der Waals surface area contributed by atoms with Crippen molar-refractivity contribution in [3.05, 3.63) is 361 Å². The molecule has 0 saturated carbocycles. The average molecular weight is 1370 g/mol. The number of hydrogen-bond acceptors (Lipinski definition) is 0. The molecule has 4 heteroatoms. The summed E-state index contributed by atoms with van der Waals surface area (Å²) in [6, 6.07) is 125. The van der Waals surface area contributed by atoms with Crippen LogP contribution in [0.15, 0.2) is 328 Å². The Bertz CT molecular complexity index is 7340. The lowest BCUT2D eigenvalue weighted by molar-refractivity contribution is 0.660. The molecule has 0 radical (unpaired) electrons. The van der Waals surface area contributed by atoms with Crippen LogP contribution in [0.4, 0.5) is 0 Å². The van der Waals surface area contributed by atoms with Gasteiger partial charge < -0.3 is 18.3 Å². The quantitative estimate of drug-likeness (QED) is 0.152. The van der Waals surface area contributed by atoms with Crippen LogP contribution in [-0.2, 0) is 16.2 Å². The topological polar surface area (TPSA) is 19.7 Å². The number of hydrogen-bond donors (Lipinski definition) is 0. The van der Waals surface area contributed by atoms with Gasteiger partial charge in [-0.15, -0.1) is 0 Å². The fourth-order valence-electron chi connectivity index (χ4n) is 20.1. The molecule has 23 rings (SSSR count). The molecule has 0 spiro atoms. The Kier molecular flexibility index (Phi) is 12.2. The van der Waals surface area contributed by atoms with E-state index in [4.69, 9.17) is 0 Å². The minimum absolute atomic E-state index is 0.0640. The maximum absolute atomic E-state index is 2.58. The molecule has 0 atom stereocenters. The highest BCUT2D eigenvalue weighted by Gasteiger charge is 2.40. The van der Waals surface area contributed by atoms with Gasteiger partial charge in [0.15, 0.2) is 0 Å². The van der Waals surface area contributed by atoms with Crippen LogP contribution in [0.1, 0.15) is 74.9 Å². The first-order chi connectivity index (χ1) is 52.3. The fourth-order valence-corrected chi connectivity index (χ4v) is 20.1. The van der Waals surface area contributed by atoms with Gasteiger partial charge in [0, 0.05) is 82.0 Å². The van der Waals surface area contributed by atoms with Gasteiger partial charge in [-0.1, -0.05) is 248 Å². The van der Waals surface area contributed by atoms with Gasteiger partial charge in [-0.25, -0.2) is 0 Å². The molecule has 0 amide bonds. The van der Waals surface area contributed by atoms with Crippen LogP contribution in [0.3, 0.4) is 0 Å². The van der Waals surface area contributed by atoms with Crippen molar-refractivity contribution in [1.29, 1.82) is 0 Å². The molecule has 0 bridgehead atoms. The Balaban J connectivity index is 0.717. The van der Waals surface area contributed by atoms with Crippen molar-refractivity contribution in [3.63, 3.8) is 0 Å². The van der Waals surface area contributed by atoms with Crippen LogP contribution in [0, 0.1) is 0 Å². The molecule has 4 nitrogen and oxygen atoms in total. The number of benzene rings is 16. The highest BCUT2D eigenvalue weighted by atomic mass is 15.0. The molecule has 16 aromatic carbocycles. The Hall–Kier alpha value is -13.0. The van der Waals surface area contributed by atoms with E-state index in [1.807, 2.05) is 0 Å². The van der Waals surface area contributed by atoms with Crippen LogP contribution >= 0.6 is 0 Å². The molecule has 4 heterocycles. The largest absolute Gasteiger partial charge is 0.309 e. The minimum atomic E-state index is -0.205. The number of rotatable bonds is 7. The molecule has 4 aromatic heterocycles. The summed E-state index contributed by atoms with van der Waals surface area (Å²) >= 11 is 0. The highest BCUT2D eigenvalue weighted by molar-refractivity contribution is 6.17. The predicted molar refractivity (Wildman–Crippen MR) is 450 cm³/mol. The van der Waals surface area contributed by atoms with Gasteiger partial charge in [-0.05, 0) is 227 Å². The molecule has 0 unspecified atom stereocenters. The molecule has 20 aromatic rings. The van der Waals surface area contributed by atoms with Crippen molar-refractivity contribution in [2.45, 2.75) is 57.8 Å². The van der Waals surface area contributed by atoms with Crippen LogP contribution < -0.4 is 0 Å². The second-order valence-electron chi connectivity index (χ2n) is 31.9. The van der Waals surface area contributed by atoms with Gasteiger partial charge >= 0.3 is 0 Å². The van der Waals surface area contributed by atoms with Gasteiger partial charge in [0.1, 0.15) is 0 Å². The summed E-state index contributed by atoms with van der Waals surface area (Å²) in [7, 11) is 0. The van der Waals surface area contributed by atoms with Crippen LogP contribution in [0.25, 0.3) is 188 Å². The molecule has 107 heavy (non-hydrogen) atoms. The van der Waals surface area contributed by atoms with Crippen molar-refractivity contribution in [2.75, 3.05) is 0 Å². The van der Waals surface area contributed by atoms with Crippen molar-refractivity contribution >= 4 is 98.0 Å². The molecular weight excluding hydrogens is 1290 g/mol. The van der Waals surface area contributed by atoms with Crippen molar-refractivity contribution < 1.29 is 0 Å². The van der Waals surface area contributed by atoms with E-state index >= 15 is 0 Å². The third-order valence-corrected chi connectivity index (χ3v) is 25.4. The minimum Gasteiger partial charge on any atom is -0.309 e. The number of nitrogens with zero attached hydrogens (tertiary/aromatic N) is 4. The predicted octanol–water partition coefficient (Wildman–Crippen LogP) is 27.1. The first-order valence-corrected chi connectivity index (χ1v) is 37.8. The first-order valence-electron chi connectivity index (χ1n) is 37.8. The normalized spacial score (nSPS) is 14.3. The third-order valence-electron chi connectivity index (χ3n) is 25.4. The number of para-hydroxylation sites is 3. The lowest BCUT2D eigenvalue weighted by Crippen LogP contribution is -2.15. The maximum atomic E-state index is 2.58. The first kappa shape index (κ1) is 60.4. The summed E-state index contributed by atoms with van der Waals surface area (Å²) in [5.74, 6) is 0. The van der Waals surface area contributed by atoms with E-state index < -0.39 is 0 Å². The molecule has 3 aliphatic rings. The molecule has 0 fully saturated rings. The van der Waals surface area contributed by atoms with E-state index in [2.05, 4.69) is 387 Å². The number of fused-ring (bicyclic) bond motifs is 23. The van der Waals surface area contributed by atoms with Crippen molar-refractivity contribution in [2.24, 2.45) is 0 Å². The Morgan fingerprint density at radius 3 is 1.07 bits per heavy atom. The summed E-state index contributed by atoms with van der Waals surface area (Å²) < 4.78 is 10.0.